The van der Waals surface area contributed by atoms with E-state index in [0.29, 0.717) is 11.8 Å². The van der Waals surface area contributed by atoms with Gasteiger partial charge in [-0.25, -0.2) is 0 Å². The molecular weight excluding hydrogens is 914 g/mol. The summed E-state index contributed by atoms with van der Waals surface area (Å²) < 4.78 is 14.9. The highest BCUT2D eigenvalue weighted by Crippen LogP contribution is 2.58. The van der Waals surface area contributed by atoms with Gasteiger partial charge in [-0.2, -0.15) is 0 Å². The Balaban J connectivity index is 1.18. The zero-order valence-corrected chi connectivity index (χ0v) is 46.7. The SMILES string of the molecule is CC(C)c1ccc(N2C3=C4B(c5cc(C(C)C)ccc52)c2oc5c(c2N(c2ccc6c(c2)C(C)(C)CCC6(C)C)C4=CC(N(c2ccccc2)c2cccc4c2oc2ccccc24)C3C)C(C)(C)CCC5(C)C)cc1. The number of furan rings is 2. The van der Waals surface area contributed by atoms with Crippen molar-refractivity contribution < 1.29 is 8.83 Å². The third kappa shape index (κ3) is 7.16. The second-order valence-corrected chi connectivity index (χ2v) is 26.2. The first-order valence-electron chi connectivity index (χ1n) is 28.1. The van der Waals surface area contributed by atoms with E-state index in [-0.39, 0.29) is 40.3 Å². The molecule has 75 heavy (non-hydrogen) atoms. The Hall–Kier alpha value is -6.66. The highest BCUT2D eigenvalue weighted by atomic mass is 16.3. The van der Waals surface area contributed by atoms with Crippen LogP contribution in [0.4, 0.5) is 34.1 Å². The maximum absolute atomic E-state index is 7.87. The number of para-hydroxylation sites is 3. The van der Waals surface area contributed by atoms with Crippen LogP contribution in [0.25, 0.3) is 21.9 Å². The van der Waals surface area contributed by atoms with E-state index in [1.165, 1.54) is 79.3 Å². The van der Waals surface area contributed by atoms with Crippen LogP contribution in [-0.2, 0) is 21.7 Å². The third-order valence-corrected chi connectivity index (χ3v) is 18.8. The van der Waals surface area contributed by atoms with Crippen molar-refractivity contribution in [3.8, 4) is 0 Å². The van der Waals surface area contributed by atoms with E-state index in [9.17, 15) is 0 Å². The molecule has 6 heteroatoms. The highest BCUT2D eigenvalue weighted by Gasteiger charge is 2.56. The Morgan fingerprint density at radius 3 is 1.96 bits per heavy atom. The van der Waals surface area contributed by atoms with Gasteiger partial charge in [-0.3, -0.25) is 0 Å². The highest BCUT2D eigenvalue weighted by molar-refractivity contribution is 6.94. The quantitative estimate of drug-likeness (QED) is 0.149. The number of benzene rings is 6. The second-order valence-electron chi connectivity index (χ2n) is 26.2. The molecule has 2 aliphatic heterocycles. The van der Waals surface area contributed by atoms with Crippen molar-refractivity contribution in [1.29, 1.82) is 0 Å². The lowest BCUT2D eigenvalue weighted by molar-refractivity contribution is 0.282. The van der Waals surface area contributed by atoms with Crippen LogP contribution in [0, 0.1) is 5.92 Å². The summed E-state index contributed by atoms with van der Waals surface area (Å²) in [6, 6.07) is 50.5. The van der Waals surface area contributed by atoms with Crippen LogP contribution >= 0.6 is 0 Å². The minimum absolute atomic E-state index is 0.00682. The summed E-state index contributed by atoms with van der Waals surface area (Å²) in [7, 11) is 0. The van der Waals surface area contributed by atoms with Crippen LogP contribution in [-0.4, -0.2) is 12.8 Å². The summed E-state index contributed by atoms with van der Waals surface area (Å²) in [4.78, 5) is 7.97. The fourth-order valence-electron chi connectivity index (χ4n) is 14.2. The zero-order valence-electron chi connectivity index (χ0n) is 46.7. The molecule has 2 unspecified atom stereocenters. The number of hydrogen-bond donors (Lipinski definition) is 0. The van der Waals surface area contributed by atoms with Crippen LogP contribution in [0.3, 0.4) is 0 Å². The Morgan fingerprint density at radius 2 is 1.23 bits per heavy atom. The number of fused-ring (bicyclic) bond motifs is 10. The molecule has 4 heterocycles. The minimum atomic E-state index is -0.168. The normalized spacial score (nSPS) is 20.7. The molecule has 0 fully saturated rings. The van der Waals surface area contributed by atoms with Gasteiger partial charge in [-0.1, -0.05) is 169 Å². The van der Waals surface area contributed by atoms with Crippen molar-refractivity contribution in [3.05, 3.63) is 190 Å². The Labute approximate surface area is 446 Å². The summed E-state index contributed by atoms with van der Waals surface area (Å²) in [5.74, 6) is 1.88. The Morgan fingerprint density at radius 1 is 0.587 bits per heavy atom. The van der Waals surface area contributed by atoms with Gasteiger partial charge in [0.1, 0.15) is 11.3 Å². The molecule has 0 radical (unpaired) electrons. The van der Waals surface area contributed by atoms with Gasteiger partial charge in [-0.05, 0) is 148 Å². The summed E-state index contributed by atoms with van der Waals surface area (Å²) in [6.07, 6.45) is 7.12. The zero-order chi connectivity index (χ0) is 52.2. The summed E-state index contributed by atoms with van der Waals surface area (Å²) in [5.41, 5.74) is 21.8. The molecule has 0 amide bonds. The van der Waals surface area contributed by atoms with E-state index in [1.807, 2.05) is 0 Å². The first-order valence-corrected chi connectivity index (χ1v) is 28.1. The van der Waals surface area contributed by atoms with Crippen molar-refractivity contribution in [2.75, 3.05) is 14.7 Å². The van der Waals surface area contributed by atoms with E-state index >= 15 is 0 Å². The molecule has 2 aromatic heterocycles. The van der Waals surface area contributed by atoms with Gasteiger partial charge in [0.25, 0.3) is 6.71 Å². The molecule has 0 bridgehead atoms. The predicted molar refractivity (Wildman–Crippen MR) is 316 cm³/mol. The molecule has 380 valence electrons. The molecule has 6 aromatic carbocycles. The lowest BCUT2D eigenvalue weighted by Crippen LogP contribution is -2.59. The molecule has 0 N–H and O–H groups in total. The first-order chi connectivity index (χ1) is 35.8. The molecule has 8 aromatic rings. The summed E-state index contributed by atoms with van der Waals surface area (Å²) >= 11 is 0. The van der Waals surface area contributed by atoms with Gasteiger partial charge in [0.05, 0.1) is 23.1 Å². The average Bonchev–Trinajstić information content (AvgIpc) is 4.14. The van der Waals surface area contributed by atoms with Crippen LogP contribution in [0.1, 0.15) is 161 Å². The number of anilines is 6. The van der Waals surface area contributed by atoms with Gasteiger partial charge in [0.15, 0.2) is 5.58 Å². The fourth-order valence-corrected chi connectivity index (χ4v) is 14.2. The Kier molecular flexibility index (Phi) is 10.7. The van der Waals surface area contributed by atoms with Crippen molar-refractivity contribution >= 4 is 73.9 Å². The second kappa shape index (κ2) is 16.7. The van der Waals surface area contributed by atoms with Crippen LogP contribution in [0.5, 0.6) is 0 Å². The van der Waals surface area contributed by atoms with Crippen molar-refractivity contribution in [3.63, 3.8) is 0 Å². The molecule has 13 rings (SSSR count). The van der Waals surface area contributed by atoms with Crippen molar-refractivity contribution in [2.24, 2.45) is 5.92 Å². The monoisotopic (exact) mass is 988 g/mol. The van der Waals surface area contributed by atoms with Crippen LogP contribution in [0.2, 0.25) is 0 Å². The molecule has 0 spiro atoms. The van der Waals surface area contributed by atoms with E-state index in [0.717, 1.165) is 64.0 Å². The smallest absolute Gasteiger partial charge is 0.296 e. The average molecular weight is 988 g/mol. The van der Waals surface area contributed by atoms with E-state index in [2.05, 4.69) is 244 Å². The van der Waals surface area contributed by atoms with Crippen LogP contribution in [0.15, 0.2) is 165 Å². The van der Waals surface area contributed by atoms with Gasteiger partial charge >= 0.3 is 0 Å². The lowest BCUT2D eigenvalue weighted by atomic mass is 9.33. The Bertz CT molecular complexity index is 3670. The number of hydrogen-bond acceptors (Lipinski definition) is 5. The fraction of sp³-hybridized carbons (Fsp3) is 0.362. The number of nitrogens with zero attached hydrogens (tertiary/aromatic N) is 3. The lowest BCUT2D eigenvalue weighted by Gasteiger charge is -2.51. The molecule has 5 nitrogen and oxygen atoms in total. The maximum Gasteiger partial charge on any atom is 0.296 e. The number of allylic oxidation sites excluding steroid dienone is 1. The summed E-state index contributed by atoms with van der Waals surface area (Å²) in [5, 5.41) is 2.25. The molecule has 0 saturated heterocycles. The van der Waals surface area contributed by atoms with Gasteiger partial charge in [0.2, 0.25) is 0 Å². The molecule has 5 aliphatic rings. The van der Waals surface area contributed by atoms with Gasteiger partial charge in [-0.15, -0.1) is 0 Å². The maximum atomic E-state index is 7.87. The first kappa shape index (κ1) is 48.0. The topological polar surface area (TPSA) is 36.0 Å². The van der Waals surface area contributed by atoms with Crippen molar-refractivity contribution in [2.45, 2.75) is 155 Å². The summed E-state index contributed by atoms with van der Waals surface area (Å²) in [6.45, 7) is 31.2. The van der Waals surface area contributed by atoms with Gasteiger partial charge in [0, 0.05) is 61.8 Å². The number of rotatable bonds is 7. The molecule has 3 aliphatic carbocycles. The van der Waals surface area contributed by atoms with E-state index in [1.54, 1.807) is 0 Å². The minimum Gasteiger partial charge on any atom is -0.472 e. The molecule has 2 atom stereocenters. The molecular formula is C69H74BN3O2. The van der Waals surface area contributed by atoms with Crippen molar-refractivity contribution in [1.82, 2.24) is 0 Å². The van der Waals surface area contributed by atoms with E-state index in [4.69, 9.17) is 8.83 Å². The third-order valence-electron chi connectivity index (χ3n) is 18.8. The van der Waals surface area contributed by atoms with Gasteiger partial charge < -0.3 is 23.5 Å². The standard InChI is InChI=1S/C69H74BN3O2/c1-41(2)44-26-29-47(30-27-44)72-54-33-28-45(42(3)4)38-53(54)70-60-57(40-56(43(5)61(60)72)71(46-20-15-14-16-21-46)55-24-19-23-50-49-22-17-18-25-58(49)74-63(50)55)73(48-31-32-51-52(39-48)67(8,9)35-34-66(51,6)7)62-59-64(75-65(62)70)69(12,13)37-36-68(59,10)11/h14-33,38-43,56H,34-37H2,1-13H3. The van der Waals surface area contributed by atoms with Crippen LogP contribution < -0.4 is 25.8 Å². The molecule has 0 saturated carbocycles. The largest absolute Gasteiger partial charge is 0.472 e. The predicted octanol–water partition coefficient (Wildman–Crippen LogP) is 17.6. The van der Waals surface area contributed by atoms with E-state index < -0.39 is 0 Å².